The highest BCUT2D eigenvalue weighted by Crippen LogP contribution is 2.26. The van der Waals surface area contributed by atoms with Crippen LogP contribution in [0.25, 0.3) is 0 Å². The van der Waals surface area contributed by atoms with Crippen LogP contribution in [0.4, 0.5) is 0 Å². The van der Waals surface area contributed by atoms with Gasteiger partial charge in [0.25, 0.3) is 0 Å². The fourth-order valence-corrected chi connectivity index (χ4v) is 3.20. The normalized spacial score (nSPS) is 23.7. The molecule has 2 atom stereocenters. The molecular weight excluding hydrogens is 246 g/mol. The van der Waals surface area contributed by atoms with Crippen LogP contribution in [0.1, 0.15) is 44.5 Å². The second-order valence-electron chi connectivity index (χ2n) is 5.13. The maximum atomic E-state index is 6.01. The Morgan fingerprint density at radius 2 is 2.28 bits per heavy atom. The highest BCUT2D eigenvalue weighted by molar-refractivity contribution is 6.18. The largest absolute Gasteiger partial charge is 0.308 e. The number of nitrogens with one attached hydrogen (secondary N) is 1. The van der Waals surface area contributed by atoms with E-state index in [1.807, 2.05) is 0 Å². The minimum absolute atomic E-state index is 0.591. The SMILES string of the molecule is CCc1cc(CNC2CCCC2CCl)n(CC)n1. The predicted octanol–water partition coefficient (Wildman–Crippen LogP) is 2.96. The van der Waals surface area contributed by atoms with Gasteiger partial charge in [0.1, 0.15) is 0 Å². The Labute approximate surface area is 115 Å². The summed E-state index contributed by atoms with van der Waals surface area (Å²) in [7, 11) is 0. The quantitative estimate of drug-likeness (QED) is 0.805. The molecule has 1 saturated carbocycles. The monoisotopic (exact) mass is 269 g/mol. The third-order valence-electron chi connectivity index (χ3n) is 3.98. The highest BCUT2D eigenvalue weighted by Gasteiger charge is 2.26. The van der Waals surface area contributed by atoms with Gasteiger partial charge in [0.15, 0.2) is 0 Å². The molecule has 0 saturated heterocycles. The molecule has 0 amide bonds. The minimum Gasteiger partial charge on any atom is -0.308 e. The number of hydrogen-bond acceptors (Lipinski definition) is 2. The molecule has 2 unspecified atom stereocenters. The lowest BCUT2D eigenvalue weighted by Crippen LogP contribution is -2.33. The first-order chi connectivity index (χ1) is 8.78. The van der Waals surface area contributed by atoms with Crippen LogP contribution < -0.4 is 5.32 Å². The number of alkyl halides is 1. The summed E-state index contributed by atoms with van der Waals surface area (Å²) in [6.07, 6.45) is 4.85. The second kappa shape index (κ2) is 6.58. The summed E-state index contributed by atoms with van der Waals surface area (Å²) in [5, 5.41) is 8.25. The minimum atomic E-state index is 0.591. The van der Waals surface area contributed by atoms with Crippen molar-refractivity contribution in [2.24, 2.45) is 5.92 Å². The van der Waals surface area contributed by atoms with Crippen LogP contribution in [-0.2, 0) is 19.5 Å². The molecule has 4 heteroatoms. The van der Waals surface area contributed by atoms with Gasteiger partial charge < -0.3 is 5.32 Å². The van der Waals surface area contributed by atoms with Crippen molar-refractivity contribution in [1.29, 1.82) is 0 Å². The van der Waals surface area contributed by atoms with E-state index in [1.165, 1.54) is 30.7 Å². The van der Waals surface area contributed by atoms with Gasteiger partial charge in [-0.2, -0.15) is 5.10 Å². The fourth-order valence-electron chi connectivity index (χ4n) is 2.83. The van der Waals surface area contributed by atoms with E-state index in [4.69, 9.17) is 11.6 Å². The van der Waals surface area contributed by atoms with Crippen molar-refractivity contribution in [3.8, 4) is 0 Å². The lowest BCUT2D eigenvalue weighted by Gasteiger charge is -2.19. The van der Waals surface area contributed by atoms with Crippen molar-refractivity contribution < 1.29 is 0 Å². The van der Waals surface area contributed by atoms with Gasteiger partial charge in [0, 0.05) is 25.0 Å². The molecule has 1 aliphatic rings. The second-order valence-corrected chi connectivity index (χ2v) is 5.44. The average molecular weight is 270 g/mol. The first-order valence-corrected chi connectivity index (χ1v) is 7.66. The Morgan fingerprint density at radius 3 is 2.94 bits per heavy atom. The fraction of sp³-hybridized carbons (Fsp3) is 0.786. The summed E-state index contributed by atoms with van der Waals surface area (Å²) < 4.78 is 2.11. The van der Waals surface area contributed by atoms with Crippen LogP contribution in [-0.4, -0.2) is 21.7 Å². The van der Waals surface area contributed by atoms with E-state index in [9.17, 15) is 0 Å². The van der Waals surface area contributed by atoms with Crippen molar-refractivity contribution in [1.82, 2.24) is 15.1 Å². The topological polar surface area (TPSA) is 29.9 Å². The van der Waals surface area contributed by atoms with Gasteiger partial charge in [0.2, 0.25) is 0 Å². The van der Waals surface area contributed by atoms with Crippen molar-refractivity contribution in [3.05, 3.63) is 17.5 Å². The predicted molar refractivity (Wildman–Crippen MR) is 76.0 cm³/mol. The van der Waals surface area contributed by atoms with Crippen LogP contribution in [0.3, 0.4) is 0 Å². The lowest BCUT2D eigenvalue weighted by atomic mass is 10.1. The van der Waals surface area contributed by atoms with Crippen molar-refractivity contribution in [2.75, 3.05) is 5.88 Å². The number of aromatic nitrogens is 2. The zero-order chi connectivity index (χ0) is 13.0. The van der Waals surface area contributed by atoms with Crippen LogP contribution in [0.15, 0.2) is 6.07 Å². The maximum absolute atomic E-state index is 6.01. The van der Waals surface area contributed by atoms with E-state index < -0.39 is 0 Å². The Hall–Kier alpha value is -0.540. The van der Waals surface area contributed by atoms with E-state index in [0.29, 0.717) is 12.0 Å². The molecule has 0 aliphatic heterocycles. The zero-order valence-corrected chi connectivity index (χ0v) is 12.2. The Kier molecular flexibility index (Phi) is 5.07. The standard InChI is InChI=1S/C14H24ClN3/c1-3-12-8-13(18(4-2)17-12)10-16-14-7-5-6-11(14)9-15/h8,11,14,16H,3-7,9-10H2,1-2H3. The molecule has 1 aliphatic carbocycles. The molecule has 102 valence electrons. The number of aryl methyl sites for hydroxylation is 2. The lowest BCUT2D eigenvalue weighted by molar-refractivity contribution is 0.420. The zero-order valence-electron chi connectivity index (χ0n) is 11.5. The van der Waals surface area contributed by atoms with Gasteiger partial charge in [-0.3, -0.25) is 4.68 Å². The molecule has 1 aromatic heterocycles. The van der Waals surface area contributed by atoms with Gasteiger partial charge in [-0.1, -0.05) is 13.3 Å². The molecule has 1 heterocycles. The molecule has 0 spiro atoms. The van der Waals surface area contributed by atoms with Crippen molar-refractivity contribution in [3.63, 3.8) is 0 Å². The van der Waals surface area contributed by atoms with Gasteiger partial charge >= 0.3 is 0 Å². The summed E-state index contributed by atoms with van der Waals surface area (Å²) in [5.41, 5.74) is 2.49. The van der Waals surface area contributed by atoms with Crippen LogP contribution >= 0.6 is 11.6 Å². The third-order valence-corrected chi connectivity index (χ3v) is 4.37. The van der Waals surface area contributed by atoms with E-state index in [0.717, 1.165) is 25.4 Å². The third kappa shape index (κ3) is 3.07. The smallest absolute Gasteiger partial charge is 0.0625 e. The molecule has 0 aromatic carbocycles. The van der Waals surface area contributed by atoms with E-state index in [2.05, 4.69) is 35.0 Å². The van der Waals surface area contributed by atoms with Gasteiger partial charge in [-0.05, 0) is 38.2 Å². The van der Waals surface area contributed by atoms with Crippen LogP contribution in [0, 0.1) is 5.92 Å². The number of rotatable bonds is 6. The Morgan fingerprint density at radius 1 is 1.44 bits per heavy atom. The molecule has 0 radical (unpaired) electrons. The highest BCUT2D eigenvalue weighted by atomic mass is 35.5. The van der Waals surface area contributed by atoms with E-state index in [-0.39, 0.29) is 0 Å². The molecule has 3 nitrogen and oxygen atoms in total. The number of nitrogens with zero attached hydrogens (tertiary/aromatic N) is 2. The Bertz CT molecular complexity index is 375. The first-order valence-electron chi connectivity index (χ1n) is 7.13. The van der Waals surface area contributed by atoms with Gasteiger partial charge in [-0.25, -0.2) is 0 Å². The maximum Gasteiger partial charge on any atom is 0.0625 e. The summed E-state index contributed by atoms with van der Waals surface area (Å²) >= 11 is 6.01. The summed E-state index contributed by atoms with van der Waals surface area (Å²) in [4.78, 5) is 0. The average Bonchev–Trinajstić information content (AvgIpc) is 3.01. The van der Waals surface area contributed by atoms with Crippen LogP contribution in [0.2, 0.25) is 0 Å². The summed E-state index contributed by atoms with van der Waals surface area (Å²) in [5.74, 6) is 1.43. The van der Waals surface area contributed by atoms with Crippen molar-refractivity contribution in [2.45, 2.75) is 58.7 Å². The Balaban J connectivity index is 1.94. The van der Waals surface area contributed by atoms with E-state index in [1.54, 1.807) is 0 Å². The van der Waals surface area contributed by atoms with Gasteiger partial charge in [-0.15, -0.1) is 11.6 Å². The molecule has 1 aromatic rings. The molecule has 18 heavy (non-hydrogen) atoms. The van der Waals surface area contributed by atoms with E-state index >= 15 is 0 Å². The molecular formula is C14H24ClN3. The van der Waals surface area contributed by atoms with Crippen molar-refractivity contribution >= 4 is 11.6 Å². The van der Waals surface area contributed by atoms with Crippen LogP contribution in [0.5, 0.6) is 0 Å². The molecule has 0 bridgehead atoms. The summed E-state index contributed by atoms with van der Waals surface area (Å²) in [6.45, 7) is 6.16. The summed E-state index contributed by atoms with van der Waals surface area (Å²) in [6, 6.07) is 2.81. The number of hydrogen-bond donors (Lipinski definition) is 1. The molecule has 1 fully saturated rings. The number of halogens is 1. The molecule has 2 rings (SSSR count). The van der Waals surface area contributed by atoms with Gasteiger partial charge in [0.05, 0.1) is 11.4 Å². The first kappa shape index (κ1) is 13.9. The molecule has 1 N–H and O–H groups in total.